The second kappa shape index (κ2) is 10.8. The van der Waals surface area contributed by atoms with Crippen molar-refractivity contribution in [2.45, 2.75) is 33.2 Å². The number of nitrogens with one attached hydrogen (secondary N) is 2. The first-order valence-corrected chi connectivity index (χ1v) is 6.79. The second-order valence-electron chi connectivity index (χ2n) is 4.51. The van der Waals surface area contributed by atoms with Gasteiger partial charge >= 0.3 is 0 Å². The molecule has 0 saturated heterocycles. The minimum atomic E-state index is 0. The van der Waals surface area contributed by atoms with Crippen LogP contribution in [0.3, 0.4) is 0 Å². The van der Waals surface area contributed by atoms with Crippen molar-refractivity contribution in [3.05, 3.63) is 29.3 Å². The summed E-state index contributed by atoms with van der Waals surface area (Å²) in [5, 5.41) is 6.60. The number of hydrogen-bond acceptors (Lipinski definition) is 2. The van der Waals surface area contributed by atoms with Crippen molar-refractivity contribution >= 4 is 29.9 Å². The van der Waals surface area contributed by atoms with Crippen molar-refractivity contribution < 1.29 is 4.74 Å². The Kier molecular flexibility index (Phi) is 10.2. The number of benzene rings is 1. The van der Waals surface area contributed by atoms with Crippen molar-refractivity contribution in [2.24, 2.45) is 4.99 Å². The lowest BCUT2D eigenvalue weighted by atomic mass is 10.1. The third-order valence-corrected chi connectivity index (χ3v) is 2.97. The average molecular weight is 391 g/mol. The number of aliphatic imine (C=N–C) groups is 1. The third-order valence-electron chi connectivity index (χ3n) is 2.97. The summed E-state index contributed by atoms with van der Waals surface area (Å²) in [7, 11) is 3.49. The van der Waals surface area contributed by atoms with Gasteiger partial charge in [-0.2, -0.15) is 0 Å². The molecule has 2 N–H and O–H groups in total. The van der Waals surface area contributed by atoms with Crippen molar-refractivity contribution in [3.63, 3.8) is 0 Å². The average Bonchev–Trinajstić information content (AvgIpc) is 2.43. The molecule has 0 amide bonds. The fourth-order valence-electron chi connectivity index (χ4n) is 1.84. The molecule has 20 heavy (non-hydrogen) atoms. The second-order valence-corrected chi connectivity index (χ2v) is 4.51. The first-order chi connectivity index (χ1) is 9.21. The van der Waals surface area contributed by atoms with Gasteiger partial charge < -0.3 is 15.4 Å². The molecule has 0 saturated carbocycles. The van der Waals surface area contributed by atoms with Crippen molar-refractivity contribution in [3.8, 4) is 5.75 Å². The van der Waals surface area contributed by atoms with Gasteiger partial charge in [0.2, 0.25) is 0 Å². The summed E-state index contributed by atoms with van der Waals surface area (Å²) in [6.07, 6.45) is 2.34. The van der Waals surface area contributed by atoms with E-state index in [2.05, 4.69) is 41.6 Å². The summed E-state index contributed by atoms with van der Waals surface area (Å²) >= 11 is 0. The lowest BCUT2D eigenvalue weighted by molar-refractivity contribution is 0.411. The van der Waals surface area contributed by atoms with Gasteiger partial charge in [0.25, 0.3) is 0 Å². The maximum Gasteiger partial charge on any atom is 0.191 e. The van der Waals surface area contributed by atoms with Gasteiger partial charge in [-0.25, -0.2) is 0 Å². The number of aryl methyl sites for hydroxylation is 1. The van der Waals surface area contributed by atoms with E-state index in [-0.39, 0.29) is 24.0 Å². The lowest BCUT2D eigenvalue weighted by Crippen LogP contribution is -2.37. The summed E-state index contributed by atoms with van der Waals surface area (Å²) in [6, 6.07) is 6.20. The molecular formula is C15H26IN3O. The Labute approximate surface area is 139 Å². The van der Waals surface area contributed by atoms with E-state index in [1.54, 1.807) is 14.2 Å². The highest BCUT2D eigenvalue weighted by atomic mass is 127. The molecule has 0 fully saturated rings. The van der Waals surface area contributed by atoms with E-state index in [1.165, 1.54) is 12.0 Å². The smallest absolute Gasteiger partial charge is 0.191 e. The summed E-state index contributed by atoms with van der Waals surface area (Å²) in [6.45, 7) is 5.95. The fraction of sp³-hybridized carbons (Fsp3) is 0.533. The van der Waals surface area contributed by atoms with Gasteiger partial charge in [-0.15, -0.1) is 24.0 Å². The summed E-state index contributed by atoms with van der Waals surface area (Å²) in [5.41, 5.74) is 2.37. The Bertz CT molecular complexity index is 422. The predicted octanol–water partition coefficient (Wildman–Crippen LogP) is 3.09. The highest BCUT2D eigenvalue weighted by molar-refractivity contribution is 14.0. The van der Waals surface area contributed by atoms with Gasteiger partial charge in [0.15, 0.2) is 5.96 Å². The standard InChI is InChI=1S/C15H25N3O.HI/c1-5-6-9-17-15(16-3)18-11-13-7-8-14(19-4)12(2)10-13;/h7-8,10H,5-6,9,11H2,1-4H3,(H2,16,17,18);1H. The van der Waals surface area contributed by atoms with Crippen molar-refractivity contribution in [2.75, 3.05) is 20.7 Å². The van der Waals surface area contributed by atoms with Crippen LogP contribution in [-0.4, -0.2) is 26.7 Å². The molecule has 0 aliphatic heterocycles. The Morgan fingerprint density at radius 3 is 2.60 bits per heavy atom. The van der Waals surface area contributed by atoms with Crippen LogP contribution in [0.4, 0.5) is 0 Å². The van der Waals surface area contributed by atoms with Crippen LogP contribution in [-0.2, 0) is 6.54 Å². The molecule has 1 aromatic carbocycles. The normalized spacial score (nSPS) is 10.7. The van der Waals surface area contributed by atoms with Gasteiger partial charge in [-0.05, 0) is 30.5 Å². The maximum atomic E-state index is 5.26. The number of rotatable bonds is 6. The summed E-state index contributed by atoms with van der Waals surface area (Å²) in [4.78, 5) is 4.20. The van der Waals surface area contributed by atoms with E-state index >= 15 is 0 Å². The topological polar surface area (TPSA) is 45.7 Å². The molecule has 0 aliphatic rings. The van der Waals surface area contributed by atoms with Gasteiger partial charge in [-0.3, -0.25) is 4.99 Å². The monoisotopic (exact) mass is 391 g/mol. The zero-order chi connectivity index (χ0) is 14.1. The fourth-order valence-corrected chi connectivity index (χ4v) is 1.84. The van der Waals surface area contributed by atoms with Crippen LogP contribution in [0.2, 0.25) is 0 Å². The largest absolute Gasteiger partial charge is 0.496 e. The number of ether oxygens (including phenoxy) is 1. The van der Waals surface area contributed by atoms with Crippen LogP contribution in [0, 0.1) is 6.92 Å². The Morgan fingerprint density at radius 1 is 1.30 bits per heavy atom. The molecule has 4 nitrogen and oxygen atoms in total. The number of halogens is 1. The molecule has 0 unspecified atom stereocenters. The molecular weight excluding hydrogens is 365 g/mol. The first kappa shape index (κ1) is 19.0. The zero-order valence-corrected chi connectivity index (χ0v) is 15.2. The first-order valence-electron chi connectivity index (χ1n) is 6.79. The van der Waals surface area contributed by atoms with Crippen molar-refractivity contribution in [1.82, 2.24) is 10.6 Å². The van der Waals surface area contributed by atoms with Gasteiger partial charge in [-0.1, -0.05) is 25.5 Å². The van der Waals surface area contributed by atoms with E-state index < -0.39 is 0 Å². The highest BCUT2D eigenvalue weighted by Gasteiger charge is 2.01. The molecule has 0 aromatic heterocycles. The van der Waals surface area contributed by atoms with Gasteiger partial charge in [0.1, 0.15) is 5.75 Å². The van der Waals surface area contributed by atoms with Crippen LogP contribution in [0.15, 0.2) is 23.2 Å². The maximum absolute atomic E-state index is 5.26. The van der Waals surface area contributed by atoms with Crippen LogP contribution in [0.5, 0.6) is 5.75 Å². The molecule has 5 heteroatoms. The van der Waals surface area contributed by atoms with E-state index in [9.17, 15) is 0 Å². The number of nitrogens with zero attached hydrogens (tertiary/aromatic N) is 1. The van der Waals surface area contributed by atoms with Gasteiger partial charge in [0.05, 0.1) is 7.11 Å². The predicted molar refractivity (Wildman–Crippen MR) is 96.3 cm³/mol. The summed E-state index contributed by atoms with van der Waals surface area (Å²) in [5.74, 6) is 1.77. The third kappa shape index (κ3) is 6.45. The van der Waals surface area contributed by atoms with Crippen LogP contribution >= 0.6 is 24.0 Å². The molecule has 0 spiro atoms. The number of methoxy groups -OCH3 is 1. The van der Waals surface area contributed by atoms with E-state index in [0.29, 0.717) is 0 Å². The number of unbranched alkanes of at least 4 members (excludes halogenated alkanes) is 1. The molecule has 0 heterocycles. The molecule has 0 aliphatic carbocycles. The lowest BCUT2D eigenvalue weighted by Gasteiger charge is -2.12. The van der Waals surface area contributed by atoms with Gasteiger partial charge in [0, 0.05) is 20.1 Å². The minimum absolute atomic E-state index is 0. The highest BCUT2D eigenvalue weighted by Crippen LogP contribution is 2.18. The van der Waals surface area contributed by atoms with E-state index in [1.807, 2.05) is 6.07 Å². The van der Waals surface area contributed by atoms with Crippen LogP contribution < -0.4 is 15.4 Å². The van der Waals surface area contributed by atoms with Crippen LogP contribution in [0.1, 0.15) is 30.9 Å². The van der Waals surface area contributed by atoms with E-state index in [4.69, 9.17) is 4.74 Å². The van der Waals surface area contributed by atoms with Crippen LogP contribution in [0.25, 0.3) is 0 Å². The molecule has 1 aromatic rings. The zero-order valence-electron chi connectivity index (χ0n) is 12.8. The molecule has 114 valence electrons. The summed E-state index contributed by atoms with van der Waals surface area (Å²) < 4.78 is 5.26. The Balaban J connectivity index is 0.00000361. The quantitative estimate of drug-likeness (QED) is 0.339. The molecule has 0 bridgehead atoms. The SMILES string of the molecule is CCCCNC(=NC)NCc1ccc(OC)c(C)c1.I. The van der Waals surface area contributed by atoms with E-state index in [0.717, 1.165) is 36.8 Å². The Morgan fingerprint density at radius 2 is 2.05 bits per heavy atom. The van der Waals surface area contributed by atoms with Crippen molar-refractivity contribution in [1.29, 1.82) is 0 Å². The molecule has 0 atom stereocenters. The number of guanidine groups is 1. The minimum Gasteiger partial charge on any atom is -0.496 e. The molecule has 1 rings (SSSR count). The number of hydrogen-bond donors (Lipinski definition) is 2. The molecule has 0 radical (unpaired) electrons. The Hall–Kier alpha value is -0.980.